The topological polar surface area (TPSA) is 118 Å². The fraction of sp³-hybridized carbons (Fsp3) is 0.750. The minimum absolute atomic E-state index is 0.0787. The number of hydrogen-bond donors (Lipinski definition) is 1. The largest absolute Gasteiger partial charge is 0.444 e. The number of rotatable bonds is 4. The van der Waals surface area contributed by atoms with E-state index in [0.717, 1.165) is 0 Å². The molecule has 0 aliphatic carbocycles. The molecule has 1 aliphatic heterocycles. The molecule has 1 N–H and O–H groups in total. The summed E-state index contributed by atoms with van der Waals surface area (Å²) in [6.45, 7) is 5.54. The Bertz CT molecular complexity index is 654. The highest BCUT2D eigenvalue weighted by atomic mass is 16.6. The number of methoxy groups -OCH3 is 1. The number of amides is 1. The maximum Gasteiger partial charge on any atom is 0.407 e. The van der Waals surface area contributed by atoms with Crippen molar-refractivity contribution in [3.05, 3.63) is 22.0 Å². The predicted molar refractivity (Wildman–Crippen MR) is 91.7 cm³/mol. The van der Waals surface area contributed by atoms with Crippen LogP contribution in [0.2, 0.25) is 0 Å². The molecule has 1 fully saturated rings. The molecule has 0 spiro atoms. The number of nitrogens with one attached hydrogen (secondary N) is 1. The highest BCUT2D eigenvalue weighted by molar-refractivity contribution is 5.68. The van der Waals surface area contributed by atoms with Crippen LogP contribution >= 0.6 is 0 Å². The van der Waals surface area contributed by atoms with Gasteiger partial charge >= 0.3 is 11.8 Å². The molecule has 10 heteroatoms. The first-order chi connectivity index (χ1) is 12.1. The zero-order chi connectivity index (χ0) is 19.5. The molecule has 10 nitrogen and oxygen atoms in total. The third kappa shape index (κ3) is 4.92. The fourth-order valence-corrected chi connectivity index (χ4v) is 2.95. The highest BCUT2D eigenvalue weighted by Crippen LogP contribution is 2.33. The van der Waals surface area contributed by atoms with Crippen molar-refractivity contribution < 1.29 is 23.9 Å². The number of carbonyl (C=O) groups is 1. The van der Waals surface area contributed by atoms with E-state index in [2.05, 4.69) is 10.4 Å². The molecule has 1 aliphatic rings. The first kappa shape index (κ1) is 20.1. The number of hydrogen-bond acceptors (Lipinski definition) is 7. The van der Waals surface area contributed by atoms with Crippen molar-refractivity contribution in [2.75, 3.05) is 13.7 Å². The Kier molecular flexibility index (Phi) is 6.19. The summed E-state index contributed by atoms with van der Waals surface area (Å²) >= 11 is 0. The summed E-state index contributed by atoms with van der Waals surface area (Å²) in [7, 11) is 3.17. The number of alkyl carbamates (subject to hydrolysis) is 1. The van der Waals surface area contributed by atoms with Gasteiger partial charge in [0.2, 0.25) is 0 Å². The van der Waals surface area contributed by atoms with Crippen LogP contribution in [-0.4, -0.2) is 52.3 Å². The van der Waals surface area contributed by atoms with Crippen molar-refractivity contribution in [2.24, 2.45) is 7.05 Å². The van der Waals surface area contributed by atoms with E-state index >= 15 is 0 Å². The molecular formula is C16H26N4O6. The molecule has 2 heterocycles. The fourth-order valence-electron chi connectivity index (χ4n) is 2.95. The lowest BCUT2D eigenvalue weighted by molar-refractivity contribution is -0.386. The average Bonchev–Trinajstić information content (AvgIpc) is 2.79. The van der Waals surface area contributed by atoms with Crippen LogP contribution in [0.4, 0.5) is 10.5 Å². The van der Waals surface area contributed by atoms with Crippen LogP contribution in [0, 0.1) is 10.1 Å². The van der Waals surface area contributed by atoms with E-state index in [1.165, 1.54) is 18.0 Å². The normalized spacial score (nSPS) is 24.0. The third-order valence-electron chi connectivity index (χ3n) is 4.12. The summed E-state index contributed by atoms with van der Waals surface area (Å²) in [4.78, 5) is 22.8. The van der Waals surface area contributed by atoms with Gasteiger partial charge in [0, 0.05) is 14.2 Å². The minimum Gasteiger partial charge on any atom is -0.444 e. The van der Waals surface area contributed by atoms with Gasteiger partial charge in [-0.05, 0) is 33.6 Å². The van der Waals surface area contributed by atoms with E-state index < -0.39 is 22.7 Å². The van der Waals surface area contributed by atoms with Crippen LogP contribution in [0.5, 0.6) is 0 Å². The second-order valence-electron chi connectivity index (χ2n) is 7.22. The van der Waals surface area contributed by atoms with Crippen LogP contribution in [-0.2, 0) is 21.3 Å². The molecule has 26 heavy (non-hydrogen) atoms. The highest BCUT2D eigenvalue weighted by Gasteiger charge is 2.35. The van der Waals surface area contributed by atoms with E-state index in [1.807, 2.05) is 0 Å². The van der Waals surface area contributed by atoms with Crippen molar-refractivity contribution in [2.45, 2.75) is 57.5 Å². The monoisotopic (exact) mass is 370 g/mol. The van der Waals surface area contributed by atoms with Gasteiger partial charge in [0.15, 0.2) is 0 Å². The second kappa shape index (κ2) is 8.00. The van der Waals surface area contributed by atoms with Gasteiger partial charge in [0.05, 0.1) is 17.6 Å². The zero-order valence-corrected chi connectivity index (χ0v) is 15.7. The van der Waals surface area contributed by atoms with E-state index in [9.17, 15) is 14.9 Å². The van der Waals surface area contributed by atoms with Crippen LogP contribution in [0.1, 0.15) is 45.4 Å². The summed E-state index contributed by atoms with van der Waals surface area (Å²) < 4.78 is 18.0. The maximum absolute atomic E-state index is 12.1. The molecule has 1 saturated heterocycles. The van der Waals surface area contributed by atoms with Crippen molar-refractivity contribution >= 4 is 11.8 Å². The number of aromatic nitrogens is 2. The molecule has 2 rings (SSSR count). The van der Waals surface area contributed by atoms with Crippen LogP contribution in [0.3, 0.4) is 0 Å². The van der Waals surface area contributed by atoms with Gasteiger partial charge in [-0.15, -0.1) is 0 Å². The Morgan fingerprint density at radius 2 is 2.15 bits per heavy atom. The zero-order valence-electron chi connectivity index (χ0n) is 15.7. The Morgan fingerprint density at radius 3 is 2.73 bits per heavy atom. The van der Waals surface area contributed by atoms with Gasteiger partial charge < -0.3 is 19.5 Å². The van der Waals surface area contributed by atoms with Gasteiger partial charge in [-0.3, -0.25) is 14.8 Å². The van der Waals surface area contributed by atoms with Gasteiger partial charge in [-0.1, -0.05) is 0 Å². The SMILES string of the molecule is COC1COC(c2c([N+](=O)[O-])cnn2C)CCC1NC(=O)OC(C)(C)C. The smallest absolute Gasteiger partial charge is 0.407 e. The summed E-state index contributed by atoms with van der Waals surface area (Å²) in [5.74, 6) is 0. The quantitative estimate of drug-likeness (QED) is 0.637. The number of aryl methyl sites for hydroxylation is 1. The molecule has 0 saturated carbocycles. The lowest BCUT2D eigenvalue weighted by Gasteiger charge is -2.26. The van der Waals surface area contributed by atoms with Crippen LogP contribution in [0.25, 0.3) is 0 Å². The lowest BCUT2D eigenvalue weighted by Crippen LogP contribution is -2.46. The number of ether oxygens (including phenoxy) is 3. The molecule has 3 atom stereocenters. The third-order valence-corrected chi connectivity index (χ3v) is 4.12. The van der Waals surface area contributed by atoms with Crippen molar-refractivity contribution in [1.82, 2.24) is 15.1 Å². The predicted octanol–water partition coefficient (Wildman–Crippen LogP) is 2.09. The number of carbonyl (C=O) groups excluding carboxylic acids is 1. The van der Waals surface area contributed by atoms with Crippen molar-refractivity contribution in [3.8, 4) is 0 Å². The molecule has 1 amide bonds. The van der Waals surface area contributed by atoms with Crippen molar-refractivity contribution in [1.29, 1.82) is 0 Å². The van der Waals surface area contributed by atoms with Gasteiger partial charge in [0.25, 0.3) is 0 Å². The maximum atomic E-state index is 12.1. The van der Waals surface area contributed by atoms with E-state index in [0.29, 0.717) is 18.5 Å². The summed E-state index contributed by atoms with van der Waals surface area (Å²) in [6.07, 6.45) is 0.777. The van der Waals surface area contributed by atoms with Crippen LogP contribution < -0.4 is 5.32 Å². The van der Waals surface area contributed by atoms with Crippen molar-refractivity contribution in [3.63, 3.8) is 0 Å². The summed E-state index contributed by atoms with van der Waals surface area (Å²) in [5.41, 5.74) is -0.279. The number of nitro groups is 1. The molecule has 3 unspecified atom stereocenters. The van der Waals surface area contributed by atoms with E-state index in [1.54, 1.807) is 27.8 Å². The molecular weight excluding hydrogens is 344 g/mol. The van der Waals surface area contributed by atoms with Gasteiger partial charge in [-0.2, -0.15) is 5.10 Å². The molecule has 0 bridgehead atoms. The molecule has 0 aromatic carbocycles. The minimum atomic E-state index is -0.605. The average molecular weight is 370 g/mol. The van der Waals surface area contributed by atoms with Crippen LogP contribution in [0.15, 0.2) is 6.20 Å². The van der Waals surface area contributed by atoms with Gasteiger partial charge in [0.1, 0.15) is 29.7 Å². The van der Waals surface area contributed by atoms with Gasteiger partial charge in [-0.25, -0.2) is 4.79 Å². The first-order valence-electron chi connectivity index (χ1n) is 8.42. The Labute approximate surface area is 151 Å². The summed E-state index contributed by atoms with van der Waals surface area (Å²) in [6, 6.07) is -0.327. The molecule has 1 aromatic heterocycles. The van der Waals surface area contributed by atoms with E-state index in [-0.39, 0.29) is 24.4 Å². The van der Waals surface area contributed by atoms with E-state index in [4.69, 9.17) is 14.2 Å². The Balaban J connectivity index is 2.12. The summed E-state index contributed by atoms with van der Waals surface area (Å²) in [5, 5.41) is 18.0. The molecule has 146 valence electrons. The Hall–Kier alpha value is -2.20. The lowest BCUT2D eigenvalue weighted by atomic mass is 10.0. The Morgan fingerprint density at radius 1 is 1.46 bits per heavy atom. The second-order valence-corrected chi connectivity index (χ2v) is 7.22. The molecule has 1 aromatic rings. The molecule has 0 radical (unpaired) electrons. The standard InChI is InChI=1S/C16H26N4O6/c1-16(2,3)26-15(21)18-10-6-7-12(25-9-13(10)24-5)14-11(20(22)23)8-17-19(14)4/h8,10,12-13H,6-7,9H2,1-5H3,(H,18,21). The first-order valence-corrected chi connectivity index (χ1v) is 8.42. The number of nitrogens with zero attached hydrogens (tertiary/aromatic N) is 3.